The van der Waals surface area contributed by atoms with Crippen molar-refractivity contribution in [1.29, 1.82) is 5.41 Å². The van der Waals surface area contributed by atoms with Crippen molar-refractivity contribution in [2.45, 2.75) is 13.5 Å². The summed E-state index contributed by atoms with van der Waals surface area (Å²) >= 11 is 6.18. The molecule has 2 heterocycles. The molecule has 1 aromatic carbocycles. The van der Waals surface area contributed by atoms with Crippen LogP contribution >= 0.6 is 24.0 Å². The van der Waals surface area contributed by atoms with Crippen molar-refractivity contribution < 1.29 is 9.13 Å². The fourth-order valence-electron chi connectivity index (χ4n) is 2.46. The van der Waals surface area contributed by atoms with Crippen LogP contribution in [0.3, 0.4) is 0 Å². The molecular weight excluding hydrogens is 352 g/mol. The highest BCUT2D eigenvalue weighted by Crippen LogP contribution is 2.24. The van der Waals surface area contributed by atoms with Gasteiger partial charge in [-0.3, -0.25) is 10.4 Å². The maximum Gasteiger partial charge on any atom is 0.214 e. The molecule has 1 N–H and O–H groups in total. The molecule has 0 unspecified atom stereocenters. The van der Waals surface area contributed by atoms with Gasteiger partial charge in [0.1, 0.15) is 5.82 Å². The second-order valence-corrected chi connectivity index (χ2v) is 5.47. The van der Waals surface area contributed by atoms with Crippen LogP contribution in [0.5, 0.6) is 0 Å². The molecule has 0 spiro atoms. The maximum atomic E-state index is 14.4. The minimum Gasteiger partial charge on any atom is -0.478 e. The lowest BCUT2D eigenvalue weighted by molar-refractivity contribution is 0.325. The highest BCUT2D eigenvalue weighted by atomic mass is 35.5. The Morgan fingerprint density at radius 1 is 1.38 bits per heavy atom. The zero-order valence-electron chi connectivity index (χ0n) is 12.9. The summed E-state index contributed by atoms with van der Waals surface area (Å²) in [4.78, 5) is 4.10. The fraction of sp³-hybridized carbons (Fsp3) is 0.176. The number of aromatic nitrogens is 2. The van der Waals surface area contributed by atoms with Gasteiger partial charge in [0.2, 0.25) is 5.90 Å². The lowest BCUT2D eigenvalue weighted by atomic mass is 10.1. The van der Waals surface area contributed by atoms with Crippen molar-refractivity contribution in [1.82, 2.24) is 9.55 Å². The van der Waals surface area contributed by atoms with Crippen LogP contribution in [0.1, 0.15) is 18.1 Å². The molecule has 0 aliphatic carbocycles. The van der Waals surface area contributed by atoms with Gasteiger partial charge in [0.05, 0.1) is 35.5 Å². The second-order valence-electron chi connectivity index (χ2n) is 5.06. The van der Waals surface area contributed by atoms with Gasteiger partial charge < -0.3 is 9.30 Å². The van der Waals surface area contributed by atoms with Crippen LogP contribution < -0.4 is 0 Å². The van der Waals surface area contributed by atoms with Crippen LogP contribution in [0.25, 0.3) is 10.9 Å². The first-order valence-corrected chi connectivity index (χ1v) is 7.56. The molecule has 4 nitrogen and oxygen atoms in total. The number of pyridine rings is 1. The molecule has 0 saturated carbocycles. The lowest BCUT2D eigenvalue weighted by Gasteiger charge is -2.11. The summed E-state index contributed by atoms with van der Waals surface area (Å²) < 4.78 is 21.4. The Labute approximate surface area is 150 Å². The van der Waals surface area contributed by atoms with Gasteiger partial charge >= 0.3 is 0 Å². The molecular formula is C17H16Cl2FN3O. The van der Waals surface area contributed by atoms with Gasteiger partial charge in [-0.15, -0.1) is 12.4 Å². The smallest absolute Gasteiger partial charge is 0.214 e. The van der Waals surface area contributed by atoms with Crippen LogP contribution in [0.2, 0.25) is 5.02 Å². The highest BCUT2D eigenvalue weighted by molar-refractivity contribution is 6.33. The van der Waals surface area contributed by atoms with Crippen molar-refractivity contribution in [3.63, 3.8) is 0 Å². The second kappa shape index (κ2) is 7.64. The van der Waals surface area contributed by atoms with Gasteiger partial charge in [0, 0.05) is 23.3 Å². The molecule has 24 heavy (non-hydrogen) atoms. The molecule has 126 valence electrons. The van der Waals surface area contributed by atoms with Gasteiger partial charge in [-0.25, -0.2) is 4.39 Å². The van der Waals surface area contributed by atoms with E-state index in [1.807, 2.05) is 22.9 Å². The number of fused-ring (bicyclic) bond motifs is 1. The van der Waals surface area contributed by atoms with E-state index in [1.165, 1.54) is 6.07 Å². The molecule has 0 radical (unpaired) electrons. The summed E-state index contributed by atoms with van der Waals surface area (Å²) in [7, 11) is 0. The normalized spacial score (nSPS) is 10.5. The van der Waals surface area contributed by atoms with Crippen LogP contribution in [-0.2, 0) is 11.3 Å². The number of hydrogen-bond donors (Lipinski definition) is 1. The first-order chi connectivity index (χ1) is 11.1. The Kier molecular flexibility index (Phi) is 5.80. The van der Waals surface area contributed by atoms with E-state index in [4.69, 9.17) is 21.7 Å². The molecule has 0 saturated heterocycles. The molecule has 7 heteroatoms. The summed E-state index contributed by atoms with van der Waals surface area (Å²) in [6.45, 7) is 2.43. The van der Waals surface area contributed by atoms with Gasteiger partial charge in [-0.2, -0.15) is 0 Å². The molecule has 0 bridgehead atoms. The number of halogens is 3. The Morgan fingerprint density at radius 2 is 2.17 bits per heavy atom. The summed E-state index contributed by atoms with van der Waals surface area (Å²) in [5.41, 5.74) is 1.63. The van der Waals surface area contributed by atoms with E-state index in [1.54, 1.807) is 25.4 Å². The molecule has 0 aliphatic heterocycles. The zero-order valence-corrected chi connectivity index (χ0v) is 14.5. The van der Waals surface area contributed by atoms with Gasteiger partial charge in [0.15, 0.2) is 0 Å². The minimum atomic E-state index is -0.417. The Bertz CT molecular complexity index is 879. The third-order valence-corrected chi connectivity index (χ3v) is 3.90. The average Bonchev–Trinajstić information content (AvgIpc) is 2.94. The monoisotopic (exact) mass is 367 g/mol. The van der Waals surface area contributed by atoms with Crippen LogP contribution in [0.15, 0.2) is 42.9 Å². The average molecular weight is 368 g/mol. The molecule has 0 fully saturated rings. The molecule has 3 rings (SSSR count). The van der Waals surface area contributed by atoms with E-state index in [0.29, 0.717) is 23.7 Å². The van der Waals surface area contributed by atoms with Crippen molar-refractivity contribution in [3.8, 4) is 0 Å². The van der Waals surface area contributed by atoms with E-state index in [0.717, 1.165) is 10.9 Å². The van der Waals surface area contributed by atoms with Crippen LogP contribution in [0, 0.1) is 11.2 Å². The zero-order chi connectivity index (χ0) is 16.4. The summed E-state index contributed by atoms with van der Waals surface area (Å²) in [6.07, 6.45) is 5.35. The third-order valence-electron chi connectivity index (χ3n) is 3.59. The SMILES string of the molecule is CCOC(=N)c1cc(F)c(Cn2ccc3ccncc32)cc1Cl.Cl. The first-order valence-electron chi connectivity index (χ1n) is 7.18. The molecule has 0 amide bonds. The van der Waals surface area contributed by atoms with Crippen molar-refractivity contribution in [2.24, 2.45) is 0 Å². The highest BCUT2D eigenvalue weighted by Gasteiger charge is 2.14. The predicted molar refractivity (Wildman–Crippen MR) is 95.9 cm³/mol. The van der Waals surface area contributed by atoms with Gasteiger partial charge in [-0.05, 0) is 31.2 Å². The van der Waals surface area contributed by atoms with E-state index < -0.39 is 5.82 Å². The standard InChI is InChI=1S/C17H15ClFN3O.ClH/c1-2-23-17(20)13-8-15(19)12(7-14(13)18)10-22-6-4-11-3-5-21-9-16(11)22;/h3-9,20H,2,10H2,1H3;1H. The maximum absolute atomic E-state index is 14.4. The van der Waals surface area contributed by atoms with Crippen molar-refractivity contribution in [3.05, 3.63) is 64.8 Å². The number of ether oxygens (including phenoxy) is 1. The van der Waals surface area contributed by atoms with Gasteiger partial charge in [0.25, 0.3) is 0 Å². The van der Waals surface area contributed by atoms with E-state index in [2.05, 4.69) is 4.98 Å². The first kappa shape index (κ1) is 18.2. The predicted octanol–water partition coefficient (Wildman–Crippen LogP) is 4.66. The van der Waals surface area contributed by atoms with Crippen LogP contribution in [0.4, 0.5) is 4.39 Å². The summed E-state index contributed by atoms with van der Waals surface area (Å²) in [5, 5.41) is 9.10. The minimum absolute atomic E-state index is 0. The number of nitrogens with zero attached hydrogens (tertiary/aromatic N) is 2. The van der Waals surface area contributed by atoms with Gasteiger partial charge in [-0.1, -0.05) is 11.6 Å². The topological polar surface area (TPSA) is 50.9 Å². The number of rotatable bonds is 4. The van der Waals surface area contributed by atoms with Crippen molar-refractivity contribution >= 4 is 40.8 Å². The molecule has 0 aliphatic rings. The van der Waals surface area contributed by atoms with E-state index in [-0.39, 0.29) is 23.9 Å². The lowest BCUT2D eigenvalue weighted by Crippen LogP contribution is -2.08. The summed E-state index contributed by atoms with van der Waals surface area (Å²) in [6, 6.07) is 6.65. The third kappa shape index (κ3) is 3.52. The molecule has 2 aromatic heterocycles. The van der Waals surface area contributed by atoms with Crippen LogP contribution in [-0.4, -0.2) is 22.1 Å². The quantitative estimate of drug-likeness (QED) is 0.538. The largest absolute Gasteiger partial charge is 0.478 e. The molecule has 0 atom stereocenters. The Balaban J connectivity index is 0.00000208. The number of hydrogen-bond acceptors (Lipinski definition) is 3. The fourth-order valence-corrected chi connectivity index (χ4v) is 2.73. The number of benzene rings is 1. The van der Waals surface area contributed by atoms with E-state index >= 15 is 0 Å². The Morgan fingerprint density at radius 3 is 2.92 bits per heavy atom. The summed E-state index contributed by atoms with van der Waals surface area (Å²) in [5.74, 6) is -0.543. The Hall–Kier alpha value is -2.11. The molecule has 3 aromatic rings. The van der Waals surface area contributed by atoms with E-state index in [9.17, 15) is 4.39 Å². The number of nitrogens with one attached hydrogen (secondary N) is 1. The van der Waals surface area contributed by atoms with Crippen molar-refractivity contribution in [2.75, 3.05) is 6.61 Å².